The maximum Gasteiger partial charge on any atom is 0.338 e. The Morgan fingerprint density at radius 3 is 2.66 bits per heavy atom. The second-order valence-electron chi connectivity index (χ2n) is 7.77. The van der Waals surface area contributed by atoms with Crippen molar-refractivity contribution in [1.29, 1.82) is 0 Å². The lowest BCUT2D eigenvalue weighted by molar-refractivity contribution is -0.136. The van der Waals surface area contributed by atoms with Gasteiger partial charge in [-0.3, -0.25) is 9.78 Å². The van der Waals surface area contributed by atoms with E-state index in [1.165, 1.54) is 18.9 Å². The van der Waals surface area contributed by atoms with E-state index in [4.69, 9.17) is 14.2 Å². The summed E-state index contributed by atoms with van der Waals surface area (Å²) in [6.07, 6.45) is 1.78. The van der Waals surface area contributed by atoms with Gasteiger partial charge in [0.05, 0.1) is 57.3 Å². The lowest BCUT2D eigenvalue weighted by Gasteiger charge is -2.36. The third-order valence-corrected chi connectivity index (χ3v) is 6.56. The molecule has 0 aliphatic carbocycles. The number of aliphatic imine (C=N–C) groups is 1. The number of carbonyl (C=O) groups excluding carboxylic acids is 2. The summed E-state index contributed by atoms with van der Waals surface area (Å²) in [6, 6.07) is 10.3. The van der Waals surface area contributed by atoms with Gasteiger partial charge in [-0.15, -0.1) is 0 Å². The zero-order valence-electron chi connectivity index (χ0n) is 19.9. The highest BCUT2D eigenvalue weighted by molar-refractivity contribution is 8.16. The summed E-state index contributed by atoms with van der Waals surface area (Å²) in [5.41, 5.74) is 3.07. The van der Waals surface area contributed by atoms with Gasteiger partial charge in [0.2, 0.25) is 5.91 Å². The summed E-state index contributed by atoms with van der Waals surface area (Å²) in [7, 11) is 4.48. The molecule has 3 heterocycles. The van der Waals surface area contributed by atoms with E-state index < -0.39 is 12.0 Å². The van der Waals surface area contributed by atoms with Crippen LogP contribution in [0.3, 0.4) is 0 Å². The molecule has 0 radical (unpaired) electrons. The molecule has 0 spiro atoms. The number of thioether (sulfide) groups is 1. The first kappa shape index (κ1) is 24.3. The van der Waals surface area contributed by atoms with E-state index in [2.05, 4.69) is 15.3 Å². The molecule has 0 fully saturated rings. The molecule has 10 heteroatoms. The van der Waals surface area contributed by atoms with Crippen molar-refractivity contribution in [2.24, 2.45) is 4.99 Å². The number of hydrogen-bond donors (Lipinski definition) is 1. The molecule has 1 N–H and O–H groups in total. The van der Waals surface area contributed by atoms with Gasteiger partial charge < -0.3 is 24.4 Å². The Morgan fingerprint density at radius 1 is 1.14 bits per heavy atom. The number of rotatable bonds is 8. The number of benzene rings is 1. The van der Waals surface area contributed by atoms with Crippen molar-refractivity contribution in [2.45, 2.75) is 25.9 Å². The van der Waals surface area contributed by atoms with Crippen LogP contribution in [-0.4, -0.2) is 48.3 Å². The summed E-state index contributed by atoms with van der Waals surface area (Å²) in [4.78, 5) is 36.5. The number of methoxy groups -OCH3 is 3. The van der Waals surface area contributed by atoms with Gasteiger partial charge in [-0.2, -0.15) is 0 Å². The first-order valence-corrected chi connectivity index (χ1v) is 11.8. The Hall–Kier alpha value is -3.79. The number of aromatic nitrogens is 1. The lowest BCUT2D eigenvalue weighted by atomic mass is 9.93. The predicted molar refractivity (Wildman–Crippen MR) is 133 cm³/mol. The molecular weight excluding hydrogens is 468 g/mol. The summed E-state index contributed by atoms with van der Waals surface area (Å²) in [5, 5.41) is 5.45. The van der Waals surface area contributed by atoms with Crippen molar-refractivity contribution < 1.29 is 23.8 Å². The van der Waals surface area contributed by atoms with Crippen LogP contribution in [0.1, 0.15) is 30.6 Å². The quantitative estimate of drug-likeness (QED) is 0.556. The summed E-state index contributed by atoms with van der Waals surface area (Å²) < 4.78 is 16.2. The van der Waals surface area contributed by atoms with Crippen LogP contribution in [0, 0.1) is 0 Å². The number of hydrogen-bond acceptors (Lipinski definition) is 9. The average Bonchev–Trinajstić information content (AvgIpc) is 3.28. The Bertz CT molecular complexity index is 1230. The summed E-state index contributed by atoms with van der Waals surface area (Å²) in [6.45, 7) is 2.09. The molecule has 2 aliphatic rings. The van der Waals surface area contributed by atoms with Gasteiger partial charge in [0.1, 0.15) is 11.5 Å². The number of pyridine rings is 1. The number of amidine groups is 1. The molecule has 0 saturated heterocycles. The van der Waals surface area contributed by atoms with Gasteiger partial charge in [0, 0.05) is 17.5 Å². The highest BCUT2D eigenvalue weighted by Crippen LogP contribution is 2.47. The van der Waals surface area contributed by atoms with Gasteiger partial charge >= 0.3 is 5.97 Å². The van der Waals surface area contributed by atoms with Crippen LogP contribution in [0.5, 0.6) is 11.5 Å². The van der Waals surface area contributed by atoms with E-state index in [9.17, 15) is 9.59 Å². The SMILES string of the molecule is COC(=O)C1=C(C)N=C2SC=C(CC(=O)NCc3ccccn3)N2[C@@H]1c1cc(OC)ccc1OC. The normalized spacial score (nSPS) is 16.8. The van der Waals surface area contributed by atoms with Crippen LogP contribution >= 0.6 is 11.8 Å². The second-order valence-corrected chi connectivity index (χ2v) is 8.60. The van der Waals surface area contributed by atoms with Crippen LogP contribution in [0.2, 0.25) is 0 Å². The average molecular weight is 495 g/mol. The molecule has 2 aliphatic heterocycles. The van der Waals surface area contributed by atoms with Crippen LogP contribution in [-0.2, 0) is 20.9 Å². The van der Waals surface area contributed by atoms with Crippen molar-refractivity contribution >= 4 is 28.8 Å². The fourth-order valence-electron chi connectivity index (χ4n) is 4.01. The van der Waals surface area contributed by atoms with Gasteiger partial charge in [-0.1, -0.05) is 17.8 Å². The molecule has 182 valence electrons. The predicted octanol–water partition coefficient (Wildman–Crippen LogP) is 3.55. The standard InChI is InChI=1S/C25H26N4O5S/c1-15-22(24(31)34-4)23(19-12-18(32-2)8-9-20(19)33-3)29-17(14-35-25(29)28-15)11-21(30)27-13-16-7-5-6-10-26-16/h5-10,12,14,23H,11,13H2,1-4H3,(H,27,30)/t23-/m1/s1. The van der Waals surface area contributed by atoms with Crippen LogP contribution < -0.4 is 14.8 Å². The van der Waals surface area contributed by atoms with E-state index in [1.54, 1.807) is 39.5 Å². The number of amides is 1. The first-order valence-electron chi connectivity index (χ1n) is 10.9. The molecule has 1 aromatic heterocycles. The molecule has 2 aromatic rings. The van der Waals surface area contributed by atoms with E-state index >= 15 is 0 Å². The smallest absolute Gasteiger partial charge is 0.338 e. The second kappa shape index (κ2) is 10.6. The van der Waals surface area contributed by atoms with Gasteiger partial charge in [0.15, 0.2) is 5.17 Å². The van der Waals surface area contributed by atoms with E-state index in [0.717, 1.165) is 5.69 Å². The van der Waals surface area contributed by atoms with Gasteiger partial charge in [-0.25, -0.2) is 9.79 Å². The zero-order chi connectivity index (χ0) is 24.9. The number of carbonyl (C=O) groups is 2. The Morgan fingerprint density at radius 2 is 1.97 bits per heavy atom. The Kier molecular flexibility index (Phi) is 7.40. The molecule has 1 atom stereocenters. The number of fused-ring (bicyclic) bond motifs is 1. The molecule has 1 amide bonds. The van der Waals surface area contributed by atoms with E-state index in [-0.39, 0.29) is 12.3 Å². The summed E-state index contributed by atoms with van der Waals surface area (Å²) >= 11 is 1.40. The Balaban J connectivity index is 1.68. The highest BCUT2D eigenvalue weighted by atomic mass is 32.2. The van der Waals surface area contributed by atoms with E-state index in [1.807, 2.05) is 34.6 Å². The molecule has 9 nitrogen and oxygen atoms in total. The zero-order valence-corrected chi connectivity index (χ0v) is 20.7. The molecule has 0 bridgehead atoms. The van der Waals surface area contributed by atoms with Crippen molar-refractivity contribution in [3.63, 3.8) is 0 Å². The van der Waals surface area contributed by atoms with Crippen LogP contribution in [0.25, 0.3) is 0 Å². The summed E-state index contributed by atoms with van der Waals surface area (Å²) in [5.74, 6) is 0.501. The maximum atomic E-state index is 12.9. The fourth-order valence-corrected chi connectivity index (χ4v) is 4.97. The topological polar surface area (TPSA) is 102 Å². The van der Waals surface area contributed by atoms with Crippen molar-refractivity contribution in [1.82, 2.24) is 15.2 Å². The minimum Gasteiger partial charge on any atom is -0.497 e. The number of ether oxygens (including phenoxy) is 3. The fraction of sp³-hybridized carbons (Fsp3) is 0.280. The monoisotopic (exact) mass is 494 g/mol. The lowest BCUT2D eigenvalue weighted by Crippen LogP contribution is -2.38. The molecule has 0 unspecified atom stereocenters. The molecule has 4 rings (SSSR count). The largest absolute Gasteiger partial charge is 0.497 e. The Labute approximate surface area is 207 Å². The molecule has 1 aromatic carbocycles. The van der Waals surface area contributed by atoms with Crippen molar-refractivity contribution in [3.05, 3.63) is 76.2 Å². The van der Waals surface area contributed by atoms with Crippen molar-refractivity contribution in [3.8, 4) is 11.5 Å². The third kappa shape index (κ3) is 5.02. The van der Waals surface area contributed by atoms with E-state index in [0.29, 0.717) is 45.7 Å². The number of esters is 1. The van der Waals surface area contributed by atoms with Crippen LogP contribution in [0.15, 0.2) is 70.0 Å². The molecule has 35 heavy (non-hydrogen) atoms. The van der Waals surface area contributed by atoms with Crippen LogP contribution in [0.4, 0.5) is 0 Å². The third-order valence-electron chi connectivity index (χ3n) is 5.67. The van der Waals surface area contributed by atoms with Gasteiger partial charge in [0.25, 0.3) is 0 Å². The number of allylic oxidation sites excluding steroid dienone is 1. The van der Waals surface area contributed by atoms with Gasteiger partial charge in [-0.05, 0) is 42.7 Å². The highest BCUT2D eigenvalue weighted by Gasteiger charge is 2.42. The number of nitrogens with one attached hydrogen (secondary N) is 1. The molecular formula is C25H26N4O5S. The van der Waals surface area contributed by atoms with Crippen molar-refractivity contribution in [2.75, 3.05) is 21.3 Å². The minimum atomic E-state index is -0.621. The molecule has 0 saturated carbocycles. The minimum absolute atomic E-state index is 0.0924. The first-order chi connectivity index (χ1) is 17.0. The number of nitrogens with zero attached hydrogens (tertiary/aromatic N) is 3. The maximum absolute atomic E-state index is 12.9.